The molecular formula is C13H23N3. The predicted octanol–water partition coefficient (Wildman–Crippen LogP) is 2.51. The molecule has 3 heteroatoms. The summed E-state index contributed by atoms with van der Waals surface area (Å²) in [6, 6.07) is 0. The summed E-state index contributed by atoms with van der Waals surface area (Å²) >= 11 is 0. The van der Waals surface area contributed by atoms with Crippen molar-refractivity contribution >= 4 is 0 Å². The topological polar surface area (TPSA) is 43.8 Å². The lowest BCUT2D eigenvalue weighted by atomic mass is 10.0. The third-order valence-electron chi connectivity index (χ3n) is 3.63. The van der Waals surface area contributed by atoms with Crippen LogP contribution in [0.2, 0.25) is 0 Å². The maximum atomic E-state index is 6.14. The van der Waals surface area contributed by atoms with E-state index < -0.39 is 0 Å². The van der Waals surface area contributed by atoms with Crippen LogP contribution in [-0.4, -0.2) is 9.55 Å². The standard InChI is InChI=1S/C13H23N3/c1-10-4-5-11(6-10)8-16-9-15-7-12(16)13(2,3)14/h7,9-11H,4-6,8,14H2,1-3H3. The van der Waals surface area contributed by atoms with Crippen LogP contribution < -0.4 is 5.73 Å². The smallest absolute Gasteiger partial charge is 0.0948 e. The van der Waals surface area contributed by atoms with Crippen LogP contribution in [0.25, 0.3) is 0 Å². The third kappa shape index (κ3) is 2.46. The van der Waals surface area contributed by atoms with Crippen molar-refractivity contribution in [3.05, 3.63) is 18.2 Å². The first-order valence-corrected chi connectivity index (χ1v) is 6.26. The molecule has 2 N–H and O–H groups in total. The lowest BCUT2D eigenvalue weighted by molar-refractivity contribution is 0.407. The van der Waals surface area contributed by atoms with Gasteiger partial charge in [-0.25, -0.2) is 4.98 Å². The van der Waals surface area contributed by atoms with Gasteiger partial charge in [0.05, 0.1) is 17.6 Å². The van der Waals surface area contributed by atoms with E-state index in [9.17, 15) is 0 Å². The molecule has 0 aromatic carbocycles. The fraction of sp³-hybridized carbons (Fsp3) is 0.769. The van der Waals surface area contributed by atoms with Crippen molar-refractivity contribution in [3.63, 3.8) is 0 Å². The highest BCUT2D eigenvalue weighted by Crippen LogP contribution is 2.32. The molecule has 1 aromatic heterocycles. The fourth-order valence-electron chi connectivity index (χ4n) is 2.77. The van der Waals surface area contributed by atoms with Crippen molar-refractivity contribution in [1.82, 2.24) is 9.55 Å². The Kier molecular flexibility index (Phi) is 3.06. The lowest BCUT2D eigenvalue weighted by Gasteiger charge is -2.22. The number of hydrogen-bond donors (Lipinski definition) is 1. The summed E-state index contributed by atoms with van der Waals surface area (Å²) in [5, 5.41) is 0. The van der Waals surface area contributed by atoms with Gasteiger partial charge in [-0.3, -0.25) is 0 Å². The Bertz CT molecular complexity index is 348. The van der Waals surface area contributed by atoms with Crippen LogP contribution in [0.5, 0.6) is 0 Å². The summed E-state index contributed by atoms with van der Waals surface area (Å²) < 4.78 is 2.24. The van der Waals surface area contributed by atoms with Crippen molar-refractivity contribution < 1.29 is 0 Å². The molecule has 1 fully saturated rings. The predicted molar refractivity (Wildman–Crippen MR) is 65.9 cm³/mol. The van der Waals surface area contributed by atoms with E-state index in [2.05, 4.69) is 16.5 Å². The van der Waals surface area contributed by atoms with E-state index in [4.69, 9.17) is 5.73 Å². The first-order chi connectivity index (χ1) is 7.47. The van der Waals surface area contributed by atoms with E-state index in [0.717, 1.165) is 24.1 Å². The van der Waals surface area contributed by atoms with Gasteiger partial charge in [0.2, 0.25) is 0 Å². The minimum Gasteiger partial charge on any atom is -0.333 e. The number of rotatable bonds is 3. The van der Waals surface area contributed by atoms with Crippen molar-refractivity contribution in [2.45, 2.75) is 52.1 Å². The maximum Gasteiger partial charge on any atom is 0.0948 e. The van der Waals surface area contributed by atoms with Crippen LogP contribution in [0, 0.1) is 11.8 Å². The van der Waals surface area contributed by atoms with Crippen molar-refractivity contribution in [3.8, 4) is 0 Å². The average molecular weight is 221 g/mol. The molecule has 1 aliphatic carbocycles. The van der Waals surface area contributed by atoms with Gasteiger partial charge in [-0.2, -0.15) is 0 Å². The number of imidazole rings is 1. The number of nitrogens with zero attached hydrogens (tertiary/aromatic N) is 2. The van der Waals surface area contributed by atoms with E-state index >= 15 is 0 Å². The molecule has 2 rings (SSSR count). The summed E-state index contributed by atoms with van der Waals surface area (Å²) in [5.74, 6) is 1.70. The SMILES string of the molecule is CC1CCC(Cn2cncc2C(C)(C)N)C1. The second-order valence-electron chi connectivity index (χ2n) is 5.94. The van der Waals surface area contributed by atoms with Gasteiger partial charge in [0.1, 0.15) is 0 Å². The Hall–Kier alpha value is -0.830. The molecular weight excluding hydrogens is 198 g/mol. The summed E-state index contributed by atoms with van der Waals surface area (Å²) in [6.45, 7) is 7.51. The lowest BCUT2D eigenvalue weighted by Crippen LogP contribution is -2.32. The highest BCUT2D eigenvalue weighted by molar-refractivity contribution is 5.10. The molecule has 16 heavy (non-hydrogen) atoms. The Morgan fingerprint density at radius 1 is 1.50 bits per heavy atom. The Labute approximate surface area is 98.1 Å². The first kappa shape index (κ1) is 11.6. The molecule has 0 saturated heterocycles. The van der Waals surface area contributed by atoms with Gasteiger partial charge in [0.25, 0.3) is 0 Å². The second kappa shape index (κ2) is 4.21. The number of aromatic nitrogens is 2. The number of hydrogen-bond acceptors (Lipinski definition) is 2. The first-order valence-electron chi connectivity index (χ1n) is 6.26. The quantitative estimate of drug-likeness (QED) is 0.852. The molecule has 90 valence electrons. The van der Waals surface area contributed by atoms with Crippen molar-refractivity contribution in [2.24, 2.45) is 17.6 Å². The van der Waals surface area contributed by atoms with E-state index in [1.165, 1.54) is 19.3 Å². The minimum absolute atomic E-state index is 0.291. The van der Waals surface area contributed by atoms with E-state index in [1.807, 2.05) is 26.4 Å². The van der Waals surface area contributed by atoms with Gasteiger partial charge < -0.3 is 10.3 Å². The van der Waals surface area contributed by atoms with Crippen LogP contribution in [0.1, 0.15) is 45.7 Å². The van der Waals surface area contributed by atoms with Crippen LogP contribution in [0.15, 0.2) is 12.5 Å². The zero-order valence-corrected chi connectivity index (χ0v) is 10.6. The molecule has 1 aromatic rings. The largest absolute Gasteiger partial charge is 0.333 e. The van der Waals surface area contributed by atoms with Crippen LogP contribution in [-0.2, 0) is 12.1 Å². The highest BCUT2D eigenvalue weighted by atomic mass is 15.1. The van der Waals surface area contributed by atoms with E-state index in [0.29, 0.717) is 0 Å². The molecule has 1 saturated carbocycles. The van der Waals surface area contributed by atoms with Gasteiger partial charge >= 0.3 is 0 Å². The van der Waals surface area contributed by atoms with Gasteiger partial charge in [-0.1, -0.05) is 13.3 Å². The minimum atomic E-state index is -0.291. The van der Waals surface area contributed by atoms with Gasteiger partial charge in [0, 0.05) is 12.7 Å². The second-order valence-corrected chi connectivity index (χ2v) is 5.94. The Morgan fingerprint density at radius 2 is 2.25 bits per heavy atom. The molecule has 0 radical (unpaired) electrons. The maximum absolute atomic E-state index is 6.14. The zero-order chi connectivity index (χ0) is 11.8. The van der Waals surface area contributed by atoms with E-state index in [-0.39, 0.29) is 5.54 Å². The molecule has 2 unspecified atom stereocenters. The summed E-state index contributed by atoms with van der Waals surface area (Å²) in [4.78, 5) is 4.23. The molecule has 0 bridgehead atoms. The molecule has 0 amide bonds. The van der Waals surface area contributed by atoms with Crippen LogP contribution in [0.3, 0.4) is 0 Å². The summed E-state index contributed by atoms with van der Waals surface area (Å²) in [6.07, 6.45) is 7.90. The monoisotopic (exact) mass is 221 g/mol. The molecule has 0 aliphatic heterocycles. The van der Waals surface area contributed by atoms with E-state index in [1.54, 1.807) is 0 Å². The van der Waals surface area contributed by atoms with Crippen LogP contribution in [0.4, 0.5) is 0 Å². The Morgan fingerprint density at radius 3 is 2.81 bits per heavy atom. The molecule has 3 nitrogen and oxygen atoms in total. The number of nitrogens with two attached hydrogens (primary N) is 1. The third-order valence-corrected chi connectivity index (χ3v) is 3.63. The zero-order valence-electron chi connectivity index (χ0n) is 10.6. The normalized spacial score (nSPS) is 26.2. The summed E-state index contributed by atoms with van der Waals surface area (Å²) in [5.41, 5.74) is 7.00. The highest BCUT2D eigenvalue weighted by Gasteiger charge is 2.24. The Balaban J connectivity index is 2.07. The fourth-order valence-corrected chi connectivity index (χ4v) is 2.77. The molecule has 2 atom stereocenters. The molecule has 1 heterocycles. The molecule has 0 spiro atoms. The van der Waals surface area contributed by atoms with Gasteiger partial charge in [-0.15, -0.1) is 0 Å². The molecule has 1 aliphatic rings. The summed E-state index contributed by atoms with van der Waals surface area (Å²) in [7, 11) is 0. The van der Waals surface area contributed by atoms with Crippen molar-refractivity contribution in [2.75, 3.05) is 0 Å². The van der Waals surface area contributed by atoms with Gasteiger partial charge in [0.15, 0.2) is 0 Å². The van der Waals surface area contributed by atoms with Gasteiger partial charge in [-0.05, 0) is 38.5 Å². The average Bonchev–Trinajstić information content (AvgIpc) is 2.74. The van der Waals surface area contributed by atoms with Crippen molar-refractivity contribution in [1.29, 1.82) is 0 Å². The van der Waals surface area contributed by atoms with Crippen LogP contribution >= 0.6 is 0 Å².